The quantitative estimate of drug-likeness (QED) is 0.573. The van der Waals surface area contributed by atoms with Crippen LogP contribution in [0.3, 0.4) is 0 Å². The van der Waals surface area contributed by atoms with Crippen molar-refractivity contribution >= 4 is 29.3 Å². The van der Waals surface area contributed by atoms with Gasteiger partial charge in [0.05, 0.1) is 16.9 Å². The van der Waals surface area contributed by atoms with Crippen LogP contribution in [0.5, 0.6) is 0 Å². The number of hydrogen-bond donors (Lipinski definition) is 2. The average molecular weight is 434 g/mol. The number of benzene rings is 2. The zero-order valence-corrected chi connectivity index (χ0v) is 18.5. The van der Waals surface area contributed by atoms with E-state index in [-0.39, 0.29) is 16.9 Å². The van der Waals surface area contributed by atoms with E-state index in [9.17, 15) is 14.4 Å². The van der Waals surface area contributed by atoms with Crippen LogP contribution in [0, 0.1) is 0 Å². The summed E-state index contributed by atoms with van der Waals surface area (Å²) < 4.78 is 6.80. The van der Waals surface area contributed by atoms with E-state index < -0.39 is 18.5 Å². The standard InChI is InChI=1S/C24H26N4O4/c1-16(29)25-18-10-8-9-17(13-18)23(31)32-15-22(30)26-21-14-20(24(2,3)4)27-28(21)19-11-6-5-7-12-19/h5-14H,15H2,1-4H3,(H,25,29)(H,26,30). The van der Waals surface area contributed by atoms with Gasteiger partial charge in [-0.3, -0.25) is 9.59 Å². The van der Waals surface area contributed by atoms with E-state index in [0.29, 0.717) is 11.5 Å². The van der Waals surface area contributed by atoms with Crippen LogP contribution < -0.4 is 10.6 Å². The Morgan fingerprint density at radius 2 is 1.69 bits per heavy atom. The van der Waals surface area contributed by atoms with Gasteiger partial charge in [0.1, 0.15) is 5.82 Å². The lowest BCUT2D eigenvalue weighted by molar-refractivity contribution is -0.119. The number of nitrogens with zero attached hydrogens (tertiary/aromatic N) is 2. The number of aromatic nitrogens is 2. The lowest BCUT2D eigenvalue weighted by Crippen LogP contribution is -2.22. The highest BCUT2D eigenvalue weighted by Crippen LogP contribution is 2.26. The molecule has 1 aromatic heterocycles. The molecule has 0 radical (unpaired) electrons. The van der Waals surface area contributed by atoms with Crippen LogP contribution in [0.4, 0.5) is 11.5 Å². The van der Waals surface area contributed by atoms with E-state index in [2.05, 4.69) is 15.7 Å². The van der Waals surface area contributed by atoms with Crippen LogP contribution in [0.15, 0.2) is 60.7 Å². The Morgan fingerprint density at radius 1 is 0.969 bits per heavy atom. The fourth-order valence-corrected chi connectivity index (χ4v) is 2.92. The number of amides is 2. The SMILES string of the molecule is CC(=O)Nc1cccc(C(=O)OCC(=O)Nc2cc(C(C)(C)C)nn2-c2ccccc2)c1. The van der Waals surface area contributed by atoms with Gasteiger partial charge in [0.25, 0.3) is 5.91 Å². The van der Waals surface area contributed by atoms with Crippen molar-refractivity contribution < 1.29 is 19.1 Å². The van der Waals surface area contributed by atoms with Gasteiger partial charge < -0.3 is 15.4 Å². The van der Waals surface area contributed by atoms with Crippen molar-refractivity contribution in [3.63, 3.8) is 0 Å². The Hall–Kier alpha value is -3.94. The number of ether oxygens (including phenoxy) is 1. The number of carbonyl (C=O) groups excluding carboxylic acids is 3. The summed E-state index contributed by atoms with van der Waals surface area (Å²) in [7, 11) is 0. The Morgan fingerprint density at radius 3 is 2.34 bits per heavy atom. The molecular formula is C24H26N4O4. The number of nitrogens with one attached hydrogen (secondary N) is 2. The molecule has 0 saturated heterocycles. The molecule has 8 nitrogen and oxygen atoms in total. The van der Waals surface area contributed by atoms with Crippen LogP contribution in [0.25, 0.3) is 5.69 Å². The maximum atomic E-state index is 12.5. The van der Waals surface area contributed by atoms with Crippen molar-refractivity contribution in [2.24, 2.45) is 0 Å². The number of anilines is 2. The molecule has 2 N–H and O–H groups in total. The third kappa shape index (κ3) is 5.81. The van der Waals surface area contributed by atoms with Gasteiger partial charge in [-0.15, -0.1) is 0 Å². The molecule has 0 spiro atoms. The van der Waals surface area contributed by atoms with Gasteiger partial charge in [-0.05, 0) is 30.3 Å². The Kier molecular flexibility index (Phi) is 6.73. The summed E-state index contributed by atoms with van der Waals surface area (Å²) in [6.07, 6.45) is 0. The number of para-hydroxylation sites is 1. The van der Waals surface area contributed by atoms with Crippen LogP contribution in [0.1, 0.15) is 43.7 Å². The molecule has 2 amide bonds. The van der Waals surface area contributed by atoms with Crippen LogP contribution in [-0.2, 0) is 19.7 Å². The number of hydrogen-bond acceptors (Lipinski definition) is 5. The minimum atomic E-state index is -0.667. The molecule has 0 saturated carbocycles. The molecule has 0 aliphatic heterocycles. The molecule has 0 aliphatic carbocycles. The summed E-state index contributed by atoms with van der Waals surface area (Å²) in [5.74, 6) is -0.928. The van der Waals surface area contributed by atoms with Crippen LogP contribution >= 0.6 is 0 Å². The van der Waals surface area contributed by atoms with E-state index in [1.165, 1.54) is 13.0 Å². The topological polar surface area (TPSA) is 102 Å². The number of rotatable bonds is 6. The van der Waals surface area contributed by atoms with Crippen molar-refractivity contribution in [1.29, 1.82) is 0 Å². The first-order valence-corrected chi connectivity index (χ1v) is 10.1. The second-order valence-electron chi connectivity index (χ2n) is 8.30. The maximum absolute atomic E-state index is 12.5. The normalized spacial score (nSPS) is 11.0. The molecular weight excluding hydrogens is 408 g/mol. The highest BCUT2D eigenvalue weighted by molar-refractivity contribution is 5.96. The van der Waals surface area contributed by atoms with Crippen molar-refractivity contribution in [2.75, 3.05) is 17.2 Å². The molecule has 1 heterocycles. The van der Waals surface area contributed by atoms with Gasteiger partial charge in [0, 0.05) is 24.1 Å². The largest absolute Gasteiger partial charge is 0.452 e. The van der Waals surface area contributed by atoms with Crippen LogP contribution in [0.2, 0.25) is 0 Å². The first kappa shape index (κ1) is 22.7. The highest BCUT2D eigenvalue weighted by Gasteiger charge is 2.22. The molecule has 2 aromatic carbocycles. The number of esters is 1. The lowest BCUT2D eigenvalue weighted by Gasteiger charge is -2.14. The first-order chi connectivity index (χ1) is 15.1. The predicted molar refractivity (Wildman–Crippen MR) is 122 cm³/mol. The molecule has 166 valence electrons. The van der Waals surface area contributed by atoms with Crippen molar-refractivity contribution in [2.45, 2.75) is 33.1 Å². The molecule has 8 heteroatoms. The van der Waals surface area contributed by atoms with Crippen molar-refractivity contribution in [3.05, 3.63) is 71.9 Å². The van der Waals surface area contributed by atoms with Gasteiger partial charge in [-0.2, -0.15) is 5.10 Å². The molecule has 0 unspecified atom stereocenters. The first-order valence-electron chi connectivity index (χ1n) is 10.1. The summed E-state index contributed by atoms with van der Waals surface area (Å²) in [5, 5.41) is 10.0. The lowest BCUT2D eigenvalue weighted by atomic mass is 9.92. The fraction of sp³-hybridized carbons (Fsp3) is 0.250. The van der Waals surface area contributed by atoms with E-state index in [1.807, 2.05) is 57.2 Å². The van der Waals surface area contributed by atoms with E-state index in [0.717, 1.165) is 11.4 Å². The molecule has 0 bridgehead atoms. The number of carbonyl (C=O) groups is 3. The van der Waals surface area contributed by atoms with E-state index in [1.54, 1.807) is 22.9 Å². The Bertz CT molecular complexity index is 1130. The molecule has 3 aromatic rings. The monoisotopic (exact) mass is 434 g/mol. The Balaban J connectivity index is 1.70. The summed E-state index contributed by atoms with van der Waals surface area (Å²) >= 11 is 0. The maximum Gasteiger partial charge on any atom is 0.338 e. The third-order valence-corrected chi connectivity index (χ3v) is 4.50. The molecule has 0 aliphatic rings. The van der Waals surface area contributed by atoms with Gasteiger partial charge in [-0.25, -0.2) is 9.48 Å². The van der Waals surface area contributed by atoms with Crippen LogP contribution in [-0.4, -0.2) is 34.2 Å². The summed E-state index contributed by atoms with van der Waals surface area (Å²) in [6, 6.07) is 17.6. The summed E-state index contributed by atoms with van der Waals surface area (Å²) in [6.45, 7) is 7.02. The van der Waals surface area contributed by atoms with Gasteiger partial charge in [0.15, 0.2) is 6.61 Å². The summed E-state index contributed by atoms with van der Waals surface area (Å²) in [4.78, 5) is 36.0. The Labute approximate surface area is 186 Å². The minimum absolute atomic E-state index is 0.217. The highest BCUT2D eigenvalue weighted by atomic mass is 16.5. The van der Waals surface area contributed by atoms with E-state index >= 15 is 0 Å². The van der Waals surface area contributed by atoms with Gasteiger partial charge >= 0.3 is 5.97 Å². The zero-order chi connectivity index (χ0) is 23.3. The molecule has 32 heavy (non-hydrogen) atoms. The second-order valence-corrected chi connectivity index (χ2v) is 8.30. The molecule has 3 rings (SSSR count). The van der Waals surface area contributed by atoms with Crippen molar-refractivity contribution in [3.8, 4) is 5.69 Å². The summed E-state index contributed by atoms with van der Waals surface area (Å²) in [5.41, 5.74) is 2.09. The van der Waals surface area contributed by atoms with Gasteiger partial charge in [0.2, 0.25) is 5.91 Å². The molecule has 0 fully saturated rings. The molecule has 0 atom stereocenters. The van der Waals surface area contributed by atoms with E-state index in [4.69, 9.17) is 4.74 Å². The smallest absolute Gasteiger partial charge is 0.338 e. The van der Waals surface area contributed by atoms with Gasteiger partial charge in [-0.1, -0.05) is 45.0 Å². The average Bonchev–Trinajstić information content (AvgIpc) is 3.16. The second kappa shape index (κ2) is 9.47. The van der Waals surface area contributed by atoms with Crippen molar-refractivity contribution in [1.82, 2.24) is 9.78 Å². The zero-order valence-electron chi connectivity index (χ0n) is 18.5. The fourth-order valence-electron chi connectivity index (χ4n) is 2.92. The third-order valence-electron chi connectivity index (χ3n) is 4.50. The predicted octanol–water partition coefficient (Wildman–Crippen LogP) is 3.92. The minimum Gasteiger partial charge on any atom is -0.452 e.